The number of nitro benzene ring substituents is 1. The number of halogens is 3. The maximum atomic E-state index is 12.0. The number of benzene rings is 2. The number of ether oxygens (including phenoxy) is 1. The maximum absolute atomic E-state index is 12.0. The summed E-state index contributed by atoms with van der Waals surface area (Å²) in [6, 6.07) is 7.07. The van der Waals surface area contributed by atoms with Crippen LogP contribution in [0.4, 0.5) is 11.4 Å². The van der Waals surface area contributed by atoms with Crippen LogP contribution in [0, 0.1) is 10.1 Å². The van der Waals surface area contributed by atoms with Crippen molar-refractivity contribution in [3.8, 4) is 5.75 Å². The lowest BCUT2D eigenvalue weighted by molar-refractivity contribution is -0.384. The summed E-state index contributed by atoms with van der Waals surface area (Å²) < 4.78 is 5.17. The van der Waals surface area contributed by atoms with Crippen molar-refractivity contribution in [2.75, 3.05) is 12.4 Å². The van der Waals surface area contributed by atoms with E-state index >= 15 is 0 Å². The quantitative estimate of drug-likeness (QED) is 0.423. The van der Waals surface area contributed by atoms with E-state index < -0.39 is 10.8 Å². The standard InChI is InChI=1S/C16H11Cl3N2O4/c1-25-16-9(6-10(17)7-13(16)19)2-5-15(22)20-11-3-4-12(18)14(8-11)21(23)24/h2-8H,1H3,(H,20,22). The van der Waals surface area contributed by atoms with E-state index in [1.54, 1.807) is 6.07 Å². The first-order valence-electron chi connectivity index (χ1n) is 6.78. The second-order valence-electron chi connectivity index (χ2n) is 4.76. The van der Waals surface area contributed by atoms with Crippen LogP contribution >= 0.6 is 34.8 Å². The van der Waals surface area contributed by atoms with Crippen LogP contribution in [0.2, 0.25) is 15.1 Å². The minimum atomic E-state index is -0.632. The lowest BCUT2D eigenvalue weighted by Gasteiger charge is -2.08. The Balaban J connectivity index is 2.20. The molecule has 0 atom stereocenters. The third kappa shape index (κ3) is 4.85. The highest BCUT2D eigenvalue weighted by atomic mass is 35.5. The third-order valence-electron chi connectivity index (χ3n) is 3.07. The highest BCUT2D eigenvalue weighted by molar-refractivity contribution is 6.36. The minimum Gasteiger partial charge on any atom is -0.495 e. The van der Waals surface area contributed by atoms with E-state index in [2.05, 4.69) is 5.32 Å². The zero-order chi connectivity index (χ0) is 18.6. The molecule has 130 valence electrons. The van der Waals surface area contributed by atoms with Crippen molar-refractivity contribution in [1.82, 2.24) is 0 Å². The first-order chi connectivity index (χ1) is 11.8. The fourth-order valence-corrected chi connectivity index (χ4v) is 2.77. The van der Waals surface area contributed by atoms with Crippen LogP contribution in [0.5, 0.6) is 5.75 Å². The molecule has 0 radical (unpaired) electrons. The molecule has 9 heteroatoms. The Hall–Kier alpha value is -2.28. The largest absolute Gasteiger partial charge is 0.495 e. The van der Waals surface area contributed by atoms with Gasteiger partial charge < -0.3 is 10.1 Å². The zero-order valence-corrected chi connectivity index (χ0v) is 15.0. The van der Waals surface area contributed by atoms with E-state index in [1.807, 2.05) is 0 Å². The van der Waals surface area contributed by atoms with Gasteiger partial charge >= 0.3 is 0 Å². The summed E-state index contributed by atoms with van der Waals surface area (Å²) in [5.74, 6) is -0.132. The number of methoxy groups -OCH3 is 1. The number of carbonyl (C=O) groups excluding carboxylic acids is 1. The van der Waals surface area contributed by atoms with Crippen molar-refractivity contribution in [2.24, 2.45) is 0 Å². The fraction of sp³-hybridized carbons (Fsp3) is 0.0625. The molecule has 0 unspecified atom stereocenters. The Morgan fingerprint density at radius 3 is 2.56 bits per heavy atom. The molecule has 6 nitrogen and oxygen atoms in total. The van der Waals surface area contributed by atoms with Crippen molar-refractivity contribution in [3.63, 3.8) is 0 Å². The van der Waals surface area contributed by atoms with E-state index in [0.29, 0.717) is 21.4 Å². The van der Waals surface area contributed by atoms with Gasteiger partial charge in [0.25, 0.3) is 5.69 Å². The molecule has 2 aromatic carbocycles. The van der Waals surface area contributed by atoms with Gasteiger partial charge in [0.2, 0.25) is 5.91 Å². The maximum Gasteiger partial charge on any atom is 0.289 e. The van der Waals surface area contributed by atoms with Crippen molar-refractivity contribution < 1.29 is 14.5 Å². The zero-order valence-electron chi connectivity index (χ0n) is 12.8. The van der Waals surface area contributed by atoms with Crippen LogP contribution in [0.15, 0.2) is 36.4 Å². The van der Waals surface area contributed by atoms with Crippen LogP contribution in [-0.4, -0.2) is 17.9 Å². The molecule has 0 aliphatic rings. The molecule has 2 aromatic rings. The lowest BCUT2D eigenvalue weighted by atomic mass is 10.2. The number of rotatable bonds is 5. The van der Waals surface area contributed by atoms with Gasteiger partial charge in [0, 0.05) is 28.4 Å². The Bertz CT molecular complexity index is 869. The number of nitrogens with zero attached hydrogens (tertiary/aromatic N) is 1. The highest BCUT2D eigenvalue weighted by Gasteiger charge is 2.13. The van der Waals surface area contributed by atoms with Gasteiger partial charge in [-0.15, -0.1) is 0 Å². The number of nitro groups is 1. The van der Waals surface area contributed by atoms with Gasteiger partial charge in [-0.25, -0.2) is 0 Å². The molecule has 1 amide bonds. The lowest BCUT2D eigenvalue weighted by Crippen LogP contribution is -2.08. The normalized spacial score (nSPS) is 10.7. The van der Waals surface area contributed by atoms with Gasteiger partial charge in [0.15, 0.2) is 0 Å². The number of carbonyl (C=O) groups is 1. The van der Waals surface area contributed by atoms with E-state index in [1.165, 1.54) is 43.5 Å². The second kappa shape index (κ2) is 8.20. The molecule has 2 rings (SSSR count). The topological polar surface area (TPSA) is 81.5 Å². The van der Waals surface area contributed by atoms with Crippen LogP contribution in [0.1, 0.15) is 5.56 Å². The van der Waals surface area contributed by atoms with Crippen LogP contribution in [0.25, 0.3) is 6.08 Å². The van der Waals surface area contributed by atoms with Gasteiger partial charge in [-0.1, -0.05) is 34.8 Å². The first-order valence-corrected chi connectivity index (χ1v) is 7.91. The van der Waals surface area contributed by atoms with E-state index in [0.717, 1.165) is 0 Å². The van der Waals surface area contributed by atoms with Gasteiger partial charge in [0.05, 0.1) is 17.1 Å². The van der Waals surface area contributed by atoms with Crippen LogP contribution in [-0.2, 0) is 4.79 Å². The number of anilines is 1. The molecule has 0 saturated heterocycles. The molecule has 0 spiro atoms. The van der Waals surface area contributed by atoms with Crippen LogP contribution < -0.4 is 10.1 Å². The molecule has 0 saturated carbocycles. The summed E-state index contributed by atoms with van der Waals surface area (Å²) in [7, 11) is 1.44. The Morgan fingerprint density at radius 1 is 1.20 bits per heavy atom. The predicted octanol–water partition coefficient (Wildman–Crippen LogP) is 5.22. The van der Waals surface area contributed by atoms with Gasteiger partial charge in [-0.2, -0.15) is 0 Å². The molecule has 0 heterocycles. The SMILES string of the molecule is COc1c(Cl)cc(Cl)cc1C=CC(=O)Nc1ccc(Cl)c([N+](=O)[O-])c1. The summed E-state index contributed by atoms with van der Waals surface area (Å²) in [5.41, 5.74) is 0.450. The molecular formula is C16H11Cl3N2O4. The second-order valence-corrected chi connectivity index (χ2v) is 6.01. The molecule has 0 aliphatic carbocycles. The minimum absolute atomic E-state index is 0.0168. The van der Waals surface area contributed by atoms with E-state index in [4.69, 9.17) is 39.5 Å². The van der Waals surface area contributed by atoms with Crippen molar-refractivity contribution in [2.45, 2.75) is 0 Å². The summed E-state index contributed by atoms with van der Waals surface area (Å²) in [6.07, 6.45) is 2.70. The van der Waals surface area contributed by atoms with Crippen LogP contribution in [0.3, 0.4) is 0 Å². The number of nitrogens with one attached hydrogen (secondary N) is 1. The molecule has 1 N–H and O–H groups in total. The molecule has 0 aromatic heterocycles. The highest BCUT2D eigenvalue weighted by Crippen LogP contribution is 2.33. The van der Waals surface area contributed by atoms with Gasteiger partial charge in [-0.3, -0.25) is 14.9 Å². The molecular weight excluding hydrogens is 391 g/mol. The summed E-state index contributed by atoms with van der Waals surface area (Å²) in [4.78, 5) is 22.2. The molecule has 25 heavy (non-hydrogen) atoms. The molecule has 0 fully saturated rings. The fourth-order valence-electron chi connectivity index (χ4n) is 2.00. The molecule has 0 bridgehead atoms. The third-order valence-corrected chi connectivity index (χ3v) is 3.88. The van der Waals surface area contributed by atoms with Crippen molar-refractivity contribution >= 4 is 58.2 Å². The Labute approximate surface area is 158 Å². The van der Waals surface area contributed by atoms with Crippen molar-refractivity contribution in [1.29, 1.82) is 0 Å². The monoisotopic (exact) mass is 400 g/mol. The van der Waals surface area contributed by atoms with Gasteiger partial charge in [0.1, 0.15) is 10.8 Å². The smallest absolute Gasteiger partial charge is 0.289 e. The summed E-state index contributed by atoms with van der Waals surface area (Å²) >= 11 is 17.7. The summed E-state index contributed by atoms with van der Waals surface area (Å²) in [5, 5.41) is 14.0. The van der Waals surface area contributed by atoms with Crippen molar-refractivity contribution in [3.05, 3.63) is 67.2 Å². The number of amides is 1. The van der Waals surface area contributed by atoms with E-state index in [-0.39, 0.29) is 16.4 Å². The number of hydrogen-bond acceptors (Lipinski definition) is 4. The predicted molar refractivity (Wildman–Crippen MR) is 98.8 cm³/mol. The van der Waals surface area contributed by atoms with E-state index in [9.17, 15) is 14.9 Å². The average molecular weight is 402 g/mol. The van der Waals surface area contributed by atoms with Gasteiger partial charge in [-0.05, 0) is 30.3 Å². The first kappa shape index (κ1) is 19.1. The molecule has 0 aliphatic heterocycles. The Kier molecular flexibility index (Phi) is 6.25. The number of hydrogen-bond donors (Lipinski definition) is 1. The average Bonchev–Trinajstić information content (AvgIpc) is 2.54. The Morgan fingerprint density at radius 2 is 1.92 bits per heavy atom. The summed E-state index contributed by atoms with van der Waals surface area (Å²) in [6.45, 7) is 0.